The average Bonchev–Trinajstić information content (AvgIpc) is 2.70. The second-order valence-electron chi connectivity index (χ2n) is 3.48. The largest absolute Gasteiger partial charge is 0.494 e. The summed E-state index contributed by atoms with van der Waals surface area (Å²) < 4.78 is 0.574. The predicted molar refractivity (Wildman–Crippen MR) is 60.9 cm³/mol. The molecule has 0 saturated carbocycles. The molecule has 0 aliphatic carbocycles. The molecule has 0 radical (unpaired) electrons. The molecule has 6 heteroatoms. The van der Waals surface area contributed by atoms with Crippen LogP contribution in [0.1, 0.15) is 5.56 Å². The summed E-state index contributed by atoms with van der Waals surface area (Å²) in [6, 6.07) is 11.4. The summed E-state index contributed by atoms with van der Waals surface area (Å²) in [5.41, 5.74) is 0.825. The van der Waals surface area contributed by atoms with E-state index in [1.807, 2.05) is 18.2 Å². The lowest BCUT2D eigenvalue weighted by atomic mass is 10.2. The molecule has 2 aromatic rings. The third kappa shape index (κ3) is 2.61. The Morgan fingerprint density at radius 3 is 2.28 bits per heavy atom. The zero-order chi connectivity index (χ0) is 13.0. The number of aromatic hydroxyl groups is 2. The fourth-order valence-electron chi connectivity index (χ4n) is 1.36. The SMILES string of the molecule is O=C(OOCc1ccccc1)n1c(O)ccc1O. The molecule has 1 heterocycles. The summed E-state index contributed by atoms with van der Waals surface area (Å²) in [6.07, 6.45) is -1.02. The van der Waals surface area contributed by atoms with E-state index in [-0.39, 0.29) is 6.61 Å². The summed E-state index contributed by atoms with van der Waals surface area (Å²) in [7, 11) is 0. The molecule has 0 spiro atoms. The Labute approximate surface area is 103 Å². The Morgan fingerprint density at radius 2 is 1.67 bits per heavy atom. The van der Waals surface area contributed by atoms with Crippen molar-refractivity contribution in [2.75, 3.05) is 0 Å². The Hall–Kier alpha value is -2.47. The summed E-state index contributed by atoms with van der Waals surface area (Å²) in [6.45, 7) is 0.0787. The van der Waals surface area contributed by atoms with Crippen LogP contribution in [0, 0.1) is 0 Å². The first-order valence-electron chi connectivity index (χ1n) is 5.16. The smallest absolute Gasteiger partial charge is 0.455 e. The molecule has 0 unspecified atom stereocenters. The van der Waals surface area contributed by atoms with E-state index in [4.69, 9.17) is 4.89 Å². The molecule has 0 atom stereocenters. The zero-order valence-corrected chi connectivity index (χ0v) is 9.31. The Bertz CT molecular complexity index is 515. The molecule has 1 aromatic heterocycles. The summed E-state index contributed by atoms with van der Waals surface area (Å²) in [5, 5.41) is 18.5. The number of nitrogens with zero attached hydrogens (tertiary/aromatic N) is 1. The highest BCUT2D eigenvalue weighted by Gasteiger charge is 2.16. The van der Waals surface area contributed by atoms with Crippen LogP contribution in [-0.4, -0.2) is 20.9 Å². The van der Waals surface area contributed by atoms with Crippen molar-refractivity contribution in [2.24, 2.45) is 0 Å². The first-order chi connectivity index (χ1) is 8.68. The van der Waals surface area contributed by atoms with Crippen molar-refractivity contribution >= 4 is 6.09 Å². The second kappa shape index (κ2) is 5.24. The third-order valence-corrected chi connectivity index (χ3v) is 2.22. The maximum absolute atomic E-state index is 11.4. The molecule has 0 bridgehead atoms. The van der Waals surface area contributed by atoms with E-state index in [1.165, 1.54) is 0 Å². The van der Waals surface area contributed by atoms with Gasteiger partial charge in [0, 0.05) is 12.1 Å². The van der Waals surface area contributed by atoms with Crippen LogP contribution in [0.3, 0.4) is 0 Å². The van der Waals surface area contributed by atoms with Crippen LogP contribution >= 0.6 is 0 Å². The van der Waals surface area contributed by atoms with Gasteiger partial charge in [0.25, 0.3) is 0 Å². The number of benzene rings is 1. The van der Waals surface area contributed by atoms with Crippen molar-refractivity contribution in [3.63, 3.8) is 0 Å². The van der Waals surface area contributed by atoms with Gasteiger partial charge in [-0.1, -0.05) is 30.3 Å². The Morgan fingerprint density at radius 1 is 1.06 bits per heavy atom. The summed E-state index contributed by atoms with van der Waals surface area (Å²) >= 11 is 0. The number of hydrogen-bond acceptors (Lipinski definition) is 5. The Kier molecular flexibility index (Phi) is 3.49. The van der Waals surface area contributed by atoms with E-state index in [1.54, 1.807) is 12.1 Å². The fourth-order valence-corrected chi connectivity index (χ4v) is 1.36. The van der Waals surface area contributed by atoms with Crippen LogP contribution in [0.4, 0.5) is 4.79 Å². The molecule has 0 fully saturated rings. The summed E-state index contributed by atoms with van der Waals surface area (Å²) in [4.78, 5) is 20.6. The minimum Gasteiger partial charge on any atom is -0.494 e. The zero-order valence-electron chi connectivity index (χ0n) is 9.31. The van der Waals surface area contributed by atoms with Gasteiger partial charge in [0.2, 0.25) is 11.8 Å². The fraction of sp³-hybridized carbons (Fsp3) is 0.0833. The van der Waals surface area contributed by atoms with Gasteiger partial charge in [0.15, 0.2) is 0 Å². The number of rotatable bonds is 3. The minimum absolute atomic E-state index is 0.0787. The highest BCUT2D eigenvalue weighted by molar-refractivity contribution is 5.74. The predicted octanol–water partition coefficient (Wildman–Crippen LogP) is 2.02. The molecule has 0 saturated heterocycles. The molecule has 0 aliphatic rings. The van der Waals surface area contributed by atoms with E-state index in [2.05, 4.69) is 4.89 Å². The lowest BCUT2D eigenvalue weighted by Crippen LogP contribution is -2.13. The van der Waals surface area contributed by atoms with Crippen LogP contribution in [0.5, 0.6) is 11.8 Å². The van der Waals surface area contributed by atoms with Gasteiger partial charge < -0.3 is 10.2 Å². The molecule has 6 nitrogen and oxygen atoms in total. The van der Waals surface area contributed by atoms with Crippen molar-refractivity contribution in [3.05, 3.63) is 48.0 Å². The minimum atomic E-state index is -1.02. The van der Waals surface area contributed by atoms with Crippen LogP contribution in [0.25, 0.3) is 0 Å². The molecule has 0 aliphatic heterocycles. The van der Waals surface area contributed by atoms with Gasteiger partial charge in [-0.25, -0.2) is 4.79 Å². The standard InChI is InChI=1S/C12H11NO5/c14-10-6-7-11(15)13(10)12(16)18-17-8-9-4-2-1-3-5-9/h1-7,14-15H,8H2. The molecular weight excluding hydrogens is 238 g/mol. The van der Waals surface area contributed by atoms with Crippen molar-refractivity contribution < 1.29 is 24.8 Å². The van der Waals surface area contributed by atoms with Crippen LogP contribution in [-0.2, 0) is 16.4 Å². The van der Waals surface area contributed by atoms with Gasteiger partial charge >= 0.3 is 6.09 Å². The molecular formula is C12H11NO5. The number of carbonyl (C=O) groups is 1. The molecule has 2 rings (SSSR count). The third-order valence-electron chi connectivity index (χ3n) is 2.22. The van der Waals surface area contributed by atoms with Gasteiger partial charge in [0.05, 0.1) is 0 Å². The second-order valence-corrected chi connectivity index (χ2v) is 3.48. The van der Waals surface area contributed by atoms with Gasteiger partial charge in [-0.15, -0.1) is 0 Å². The maximum atomic E-state index is 11.4. The van der Waals surface area contributed by atoms with E-state index in [9.17, 15) is 15.0 Å². The van der Waals surface area contributed by atoms with E-state index < -0.39 is 17.9 Å². The lowest BCUT2D eigenvalue weighted by Gasteiger charge is -2.05. The van der Waals surface area contributed by atoms with Crippen molar-refractivity contribution in [2.45, 2.75) is 6.61 Å². The first kappa shape index (κ1) is 12.0. The van der Waals surface area contributed by atoms with E-state index in [0.29, 0.717) is 4.57 Å². The van der Waals surface area contributed by atoms with Crippen LogP contribution in [0.2, 0.25) is 0 Å². The maximum Gasteiger partial charge on any atom is 0.455 e. The van der Waals surface area contributed by atoms with E-state index >= 15 is 0 Å². The van der Waals surface area contributed by atoms with Crippen molar-refractivity contribution in [1.29, 1.82) is 0 Å². The molecule has 2 N–H and O–H groups in total. The normalized spacial score (nSPS) is 10.2. The number of carbonyl (C=O) groups excluding carboxylic acids is 1. The van der Waals surface area contributed by atoms with E-state index in [0.717, 1.165) is 17.7 Å². The van der Waals surface area contributed by atoms with Crippen molar-refractivity contribution in [1.82, 2.24) is 4.57 Å². The topological polar surface area (TPSA) is 80.9 Å². The number of aromatic nitrogens is 1. The highest BCUT2D eigenvalue weighted by Crippen LogP contribution is 2.21. The van der Waals surface area contributed by atoms with Crippen LogP contribution < -0.4 is 0 Å². The summed E-state index contributed by atoms with van der Waals surface area (Å²) in [5.74, 6) is -0.860. The first-order valence-corrected chi connectivity index (χ1v) is 5.16. The van der Waals surface area contributed by atoms with Gasteiger partial charge in [-0.3, -0.25) is 4.89 Å². The van der Waals surface area contributed by atoms with Crippen molar-refractivity contribution in [3.8, 4) is 11.8 Å². The van der Waals surface area contributed by atoms with Gasteiger partial charge in [-0.05, 0) is 5.56 Å². The quantitative estimate of drug-likeness (QED) is 0.642. The molecule has 0 amide bonds. The molecule has 18 heavy (non-hydrogen) atoms. The molecule has 94 valence electrons. The number of hydrogen-bond donors (Lipinski definition) is 2. The average molecular weight is 249 g/mol. The highest BCUT2D eigenvalue weighted by atomic mass is 17.2. The lowest BCUT2D eigenvalue weighted by molar-refractivity contribution is -0.248. The van der Waals surface area contributed by atoms with Gasteiger partial charge in [0.1, 0.15) is 6.61 Å². The van der Waals surface area contributed by atoms with Crippen LogP contribution in [0.15, 0.2) is 42.5 Å². The van der Waals surface area contributed by atoms with Gasteiger partial charge in [-0.2, -0.15) is 9.45 Å². The Balaban J connectivity index is 1.90. The molecule has 1 aromatic carbocycles. The monoisotopic (exact) mass is 249 g/mol.